The van der Waals surface area contributed by atoms with Gasteiger partial charge in [0.1, 0.15) is 0 Å². The number of aromatic nitrogens is 3. The molecule has 3 aromatic rings. The maximum atomic E-state index is 12.4. The molecule has 0 fully saturated rings. The SMILES string of the molecule is CSc1cccc(NC(=O)c2cnc3c(cnn3C(C)C)c2)c1. The first-order valence-corrected chi connectivity index (χ1v) is 8.59. The standard InChI is InChI=1S/C17H18N4OS/c1-11(2)21-16-12(10-19-21)7-13(9-18-16)17(22)20-14-5-4-6-15(8-14)23-3/h4-11H,1-3H3,(H,20,22). The third-order valence-electron chi connectivity index (χ3n) is 3.51. The number of hydrogen-bond donors (Lipinski definition) is 1. The summed E-state index contributed by atoms with van der Waals surface area (Å²) in [5.41, 5.74) is 2.09. The fourth-order valence-electron chi connectivity index (χ4n) is 2.35. The van der Waals surface area contributed by atoms with Crippen molar-refractivity contribution in [2.75, 3.05) is 11.6 Å². The molecule has 0 aliphatic rings. The molecule has 0 aliphatic carbocycles. The zero-order chi connectivity index (χ0) is 16.4. The molecule has 1 N–H and O–H groups in total. The van der Waals surface area contributed by atoms with Gasteiger partial charge in [0.05, 0.1) is 11.8 Å². The van der Waals surface area contributed by atoms with Crippen LogP contribution in [0.5, 0.6) is 0 Å². The minimum Gasteiger partial charge on any atom is -0.322 e. The Bertz CT molecular complexity index is 857. The van der Waals surface area contributed by atoms with Crippen LogP contribution in [0.2, 0.25) is 0 Å². The number of thioether (sulfide) groups is 1. The first kappa shape index (κ1) is 15.6. The number of nitrogens with one attached hydrogen (secondary N) is 1. The minimum atomic E-state index is -0.171. The fraction of sp³-hybridized carbons (Fsp3) is 0.235. The number of benzene rings is 1. The zero-order valence-corrected chi connectivity index (χ0v) is 14.1. The van der Waals surface area contributed by atoms with Crippen LogP contribution in [0.25, 0.3) is 11.0 Å². The van der Waals surface area contributed by atoms with E-state index in [1.165, 1.54) is 0 Å². The molecule has 118 valence electrons. The van der Waals surface area contributed by atoms with Crippen molar-refractivity contribution < 1.29 is 4.79 Å². The highest BCUT2D eigenvalue weighted by atomic mass is 32.2. The second-order valence-corrected chi connectivity index (χ2v) is 6.39. The molecule has 0 atom stereocenters. The van der Waals surface area contributed by atoms with Crippen molar-refractivity contribution >= 4 is 34.4 Å². The summed E-state index contributed by atoms with van der Waals surface area (Å²) in [5, 5.41) is 8.09. The smallest absolute Gasteiger partial charge is 0.257 e. The molecule has 0 spiro atoms. The van der Waals surface area contributed by atoms with Crippen LogP contribution in [0.1, 0.15) is 30.2 Å². The van der Waals surface area contributed by atoms with Gasteiger partial charge in [-0.2, -0.15) is 5.10 Å². The summed E-state index contributed by atoms with van der Waals surface area (Å²) in [6, 6.07) is 9.81. The molecule has 2 heterocycles. The average Bonchev–Trinajstić information content (AvgIpc) is 2.98. The Labute approximate surface area is 139 Å². The molecule has 1 amide bonds. The first-order valence-electron chi connectivity index (χ1n) is 7.37. The molecule has 3 rings (SSSR count). The van der Waals surface area contributed by atoms with Crippen molar-refractivity contribution in [1.29, 1.82) is 0 Å². The predicted molar refractivity (Wildman–Crippen MR) is 94.1 cm³/mol. The summed E-state index contributed by atoms with van der Waals surface area (Å²) in [6.07, 6.45) is 5.34. The van der Waals surface area contributed by atoms with E-state index in [4.69, 9.17) is 0 Å². The minimum absolute atomic E-state index is 0.171. The number of fused-ring (bicyclic) bond motifs is 1. The van der Waals surface area contributed by atoms with Gasteiger partial charge in [0, 0.05) is 28.2 Å². The lowest BCUT2D eigenvalue weighted by molar-refractivity contribution is 0.102. The van der Waals surface area contributed by atoms with E-state index in [9.17, 15) is 4.79 Å². The lowest BCUT2D eigenvalue weighted by Crippen LogP contribution is -2.12. The highest BCUT2D eigenvalue weighted by molar-refractivity contribution is 7.98. The van der Waals surface area contributed by atoms with Gasteiger partial charge in [-0.1, -0.05) is 6.07 Å². The van der Waals surface area contributed by atoms with E-state index in [0.717, 1.165) is 21.6 Å². The van der Waals surface area contributed by atoms with E-state index in [-0.39, 0.29) is 11.9 Å². The van der Waals surface area contributed by atoms with E-state index < -0.39 is 0 Å². The van der Waals surface area contributed by atoms with Crippen LogP contribution in [0.15, 0.2) is 47.6 Å². The summed E-state index contributed by atoms with van der Waals surface area (Å²) < 4.78 is 1.85. The lowest BCUT2D eigenvalue weighted by Gasteiger charge is -2.08. The van der Waals surface area contributed by atoms with Crippen LogP contribution in [0.4, 0.5) is 5.69 Å². The van der Waals surface area contributed by atoms with E-state index in [1.54, 1.807) is 24.2 Å². The Balaban J connectivity index is 1.86. The number of rotatable bonds is 4. The average molecular weight is 326 g/mol. The van der Waals surface area contributed by atoms with Crippen molar-refractivity contribution in [3.63, 3.8) is 0 Å². The molecule has 0 saturated heterocycles. The van der Waals surface area contributed by atoms with Crippen molar-refractivity contribution in [3.8, 4) is 0 Å². The number of nitrogens with zero attached hydrogens (tertiary/aromatic N) is 3. The van der Waals surface area contributed by atoms with E-state index >= 15 is 0 Å². The number of pyridine rings is 1. The van der Waals surface area contributed by atoms with Gasteiger partial charge in [-0.3, -0.25) is 4.79 Å². The Morgan fingerprint density at radius 3 is 2.83 bits per heavy atom. The van der Waals surface area contributed by atoms with Crippen molar-refractivity contribution in [2.45, 2.75) is 24.8 Å². The zero-order valence-electron chi connectivity index (χ0n) is 13.3. The van der Waals surface area contributed by atoms with Crippen molar-refractivity contribution in [2.24, 2.45) is 0 Å². The Morgan fingerprint density at radius 1 is 1.26 bits per heavy atom. The summed E-state index contributed by atoms with van der Waals surface area (Å²) >= 11 is 1.64. The fourth-order valence-corrected chi connectivity index (χ4v) is 2.81. The second kappa shape index (κ2) is 6.42. The topological polar surface area (TPSA) is 59.8 Å². The normalized spacial score (nSPS) is 11.1. The molecule has 0 bridgehead atoms. The quantitative estimate of drug-likeness (QED) is 0.737. The van der Waals surface area contributed by atoms with Gasteiger partial charge in [-0.25, -0.2) is 9.67 Å². The number of hydrogen-bond acceptors (Lipinski definition) is 4. The highest BCUT2D eigenvalue weighted by Gasteiger charge is 2.12. The summed E-state index contributed by atoms with van der Waals surface area (Å²) in [6.45, 7) is 4.10. The summed E-state index contributed by atoms with van der Waals surface area (Å²) in [4.78, 5) is 17.9. The largest absolute Gasteiger partial charge is 0.322 e. The monoisotopic (exact) mass is 326 g/mol. The second-order valence-electron chi connectivity index (χ2n) is 5.51. The molecule has 0 radical (unpaired) electrons. The van der Waals surface area contributed by atoms with Gasteiger partial charge in [-0.15, -0.1) is 11.8 Å². The van der Waals surface area contributed by atoms with Crippen LogP contribution in [0.3, 0.4) is 0 Å². The van der Waals surface area contributed by atoms with Crippen molar-refractivity contribution in [1.82, 2.24) is 14.8 Å². The van der Waals surface area contributed by atoms with Crippen LogP contribution < -0.4 is 5.32 Å². The molecule has 0 unspecified atom stereocenters. The number of carbonyl (C=O) groups is 1. The number of anilines is 1. The van der Waals surface area contributed by atoms with Crippen molar-refractivity contribution in [3.05, 3.63) is 48.3 Å². The Kier molecular flexibility index (Phi) is 4.34. The maximum Gasteiger partial charge on any atom is 0.257 e. The van der Waals surface area contributed by atoms with Gasteiger partial charge >= 0.3 is 0 Å². The van der Waals surface area contributed by atoms with Gasteiger partial charge in [-0.05, 0) is 44.4 Å². The van der Waals surface area contributed by atoms with E-state index in [0.29, 0.717) is 5.56 Å². The molecule has 5 nitrogen and oxygen atoms in total. The molecule has 23 heavy (non-hydrogen) atoms. The van der Waals surface area contributed by atoms with Gasteiger partial charge in [0.15, 0.2) is 5.65 Å². The third-order valence-corrected chi connectivity index (χ3v) is 4.24. The van der Waals surface area contributed by atoms with Gasteiger partial charge < -0.3 is 5.32 Å². The van der Waals surface area contributed by atoms with Crippen LogP contribution in [0, 0.1) is 0 Å². The number of carbonyl (C=O) groups excluding carboxylic acids is 1. The first-order chi connectivity index (χ1) is 11.1. The van der Waals surface area contributed by atoms with Crippen LogP contribution in [-0.2, 0) is 0 Å². The molecule has 0 saturated carbocycles. The van der Waals surface area contributed by atoms with E-state index in [2.05, 4.69) is 15.4 Å². The molecular weight excluding hydrogens is 308 g/mol. The van der Waals surface area contributed by atoms with Gasteiger partial charge in [0.2, 0.25) is 0 Å². The Hall–Kier alpha value is -2.34. The molecule has 1 aromatic carbocycles. The number of amides is 1. The lowest BCUT2D eigenvalue weighted by atomic mass is 10.2. The molecule has 2 aromatic heterocycles. The van der Waals surface area contributed by atoms with E-state index in [1.807, 2.05) is 55.1 Å². The predicted octanol–water partition coefficient (Wildman–Crippen LogP) is 3.99. The molecule has 6 heteroatoms. The Morgan fingerprint density at radius 2 is 2.09 bits per heavy atom. The molecule has 0 aliphatic heterocycles. The van der Waals surface area contributed by atoms with Gasteiger partial charge in [0.25, 0.3) is 5.91 Å². The summed E-state index contributed by atoms with van der Waals surface area (Å²) in [7, 11) is 0. The maximum absolute atomic E-state index is 12.4. The van der Waals surface area contributed by atoms with Crippen LogP contribution >= 0.6 is 11.8 Å². The third kappa shape index (κ3) is 3.22. The highest BCUT2D eigenvalue weighted by Crippen LogP contribution is 2.20. The summed E-state index contributed by atoms with van der Waals surface area (Å²) in [5.74, 6) is -0.171. The molecular formula is C17H18N4OS. The van der Waals surface area contributed by atoms with Crippen LogP contribution in [-0.4, -0.2) is 26.9 Å².